The second kappa shape index (κ2) is 6.25. The van der Waals surface area contributed by atoms with Crippen molar-refractivity contribution in [2.75, 3.05) is 12.4 Å². The van der Waals surface area contributed by atoms with Gasteiger partial charge in [-0.3, -0.25) is 4.79 Å². The number of halogens is 2. The van der Waals surface area contributed by atoms with Crippen LogP contribution in [-0.4, -0.2) is 13.0 Å². The molecule has 21 heavy (non-hydrogen) atoms. The lowest BCUT2D eigenvalue weighted by Crippen LogP contribution is -2.14. The summed E-state index contributed by atoms with van der Waals surface area (Å²) >= 11 is 5.86. The molecule has 0 radical (unpaired) electrons. The first-order valence-electron chi connectivity index (χ1n) is 5.90. The van der Waals surface area contributed by atoms with Crippen LogP contribution in [0.15, 0.2) is 36.4 Å². The van der Waals surface area contributed by atoms with Crippen LogP contribution >= 0.6 is 11.6 Å². The van der Waals surface area contributed by atoms with E-state index in [2.05, 4.69) is 5.32 Å². The molecule has 1 amide bonds. The van der Waals surface area contributed by atoms with Gasteiger partial charge in [0.25, 0.3) is 5.91 Å². The third-order valence-electron chi connectivity index (χ3n) is 2.78. The Morgan fingerprint density at radius 3 is 2.81 bits per heavy atom. The highest BCUT2D eigenvalue weighted by molar-refractivity contribution is 6.31. The first kappa shape index (κ1) is 14.8. The fraction of sp³-hybridized carbons (Fsp3) is 0.0667. The molecule has 0 heterocycles. The molecule has 0 aliphatic heterocycles. The topological polar surface area (TPSA) is 62.1 Å². The molecule has 2 aromatic rings. The standard InChI is InChI=1S/C15H10ClFN2O2/c1-21-14-6-5-9(16)7-10(14)15(20)19-13-4-2-3-12(17)11(13)8-18/h2-7H,1H3,(H,19,20). The predicted molar refractivity (Wildman–Crippen MR) is 77.1 cm³/mol. The number of nitrogens with zero attached hydrogens (tertiary/aromatic N) is 1. The van der Waals surface area contributed by atoms with E-state index in [9.17, 15) is 9.18 Å². The van der Waals surface area contributed by atoms with Crippen LogP contribution in [0.25, 0.3) is 0 Å². The van der Waals surface area contributed by atoms with Crippen LogP contribution in [0, 0.1) is 17.1 Å². The number of benzene rings is 2. The van der Waals surface area contributed by atoms with Gasteiger partial charge in [0, 0.05) is 5.02 Å². The number of anilines is 1. The molecule has 0 unspecified atom stereocenters. The zero-order chi connectivity index (χ0) is 15.4. The van der Waals surface area contributed by atoms with E-state index in [1.54, 1.807) is 18.2 Å². The van der Waals surface area contributed by atoms with Crippen molar-refractivity contribution in [2.45, 2.75) is 0 Å². The number of hydrogen-bond acceptors (Lipinski definition) is 3. The van der Waals surface area contributed by atoms with Crippen molar-refractivity contribution in [1.82, 2.24) is 0 Å². The second-order valence-electron chi connectivity index (χ2n) is 4.07. The molecule has 0 saturated carbocycles. The Hall–Kier alpha value is -2.58. The Balaban J connectivity index is 2.38. The normalized spacial score (nSPS) is 9.81. The van der Waals surface area contributed by atoms with E-state index in [0.717, 1.165) is 6.07 Å². The zero-order valence-corrected chi connectivity index (χ0v) is 11.7. The summed E-state index contributed by atoms with van der Waals surface area (Å²) in [4.78, 5) is 12.2. The first-order valence-corrected chi connectivity index (χ1v) is 6.28. The maximum absolute atomic E-state index is 13.5. The molecule has 0 atom stereocenters. The molecule has 0 fully saturated rings. The largest absolute Gasteiger partial charge is 0.496 e. The van der Waals surface area contributed by atoms with E-state index < -0.39 is 11.7 Å². The molecule has 0 spiro atoms. The van der Waals surface area contributed by atoms with E-state index in [-0.39, 0.29) is 16.8 Å². The Morgan fingerprint density at radius 1 is 1.38 bits per heavy atom. The monoisotopic (exact) mass is 304 g/mol. The van der Waals surface area contributed by atoms with Crippen LogP contribution in [0.4, 0.5) is 10.1 Å². The molecular weight excluding hydrogens is 295 g/mol. The van der Waals surface area contributed by atoms with Gasteiger partial charge in [0.2, 0.25) is 0 Å². The molecule has 0 saturated heterocycles. The number of amides is 1. The lowest BCUT2D eigenvalue weighted by molar-refractivity contribution is 0.102. The zero-order valence-electron chi connectivity index (χ0n) is 11.0. The Labute approximate surface area is 125 Å². The fourth-order valence-corrected chi connectivity index (χ4v) is 1.96. The van der Waals surface area contributed by atoms with Gasteiger partial charge in [-0.05, 0) is 30.3 Å². The van der Waals surface area contributed by atoms with E-state index in [0.29, 0.717) is 10.8 Å². The highest BCUT2D eigenvalue weighted by atomic mass is 35.5. The highest BCUT2D eigenvalue weighted by Crippen LogP contribution is 2.25. The van der Waals surface area contributed by atoms with Crippen molar-refractivity contribution in [1.29, 1.82) is 5.26 Å². The number of rotatable bonds is 3. The molecule has 0 aromatic heterocycles. The minimum Gasteiger partial charge on any atom is -0.496 e. The van der Waals surface area contributed by atoms with E-state index in [1.165, 1.54) is 25.3 Å². The van der Waals surface area contributed by atoms with E-state index >= 15 is 0 Å². The lowest BCUT2D eigenvalue weighted by Gasteiger charge is -2.11. The summed E-state index contributed by atoms with van der Waals surface area (Å²) in [5.41, 5.74) is 0.0505. The number of methoxy groups -OCH3 is 1. The average molecular weight is 305 g/mol. The van der Waals surface area contributed by atoms with Gasteiger partial charge in [0.15, 0.2) is 0 Å². The van der Waals surface area contributed by atoms with Gasteiger partial charge in [-0.25, -0.2) is 4.39 Å². The lowest BCUT2D eigenvalue weighted by atomic mass is 10.1. The van der Waals surface area contributed by atoms with Crippen molar-refractivity contribution in [2.24, 2.45) is 0 Å². The average Bonchev–Trinajstić information content (AvgIpc) is 2.47. The van der Waals surface area contributed by atoms with Crippen LogP contribution in [-0.2, 0) is 0 Å². The molecule has 0 aliphatic carbocycles. The Kier molecular flexibility index (Phi) is 4.41. The SMILES string of the molecule is COc1ccc(Cl)cc1C(=O)Nc1cccc(F)c1C#N. The van der Waals surface area contributed by atoms with Gasteiger partial charge in [0.1, 0.15) is 23.2 Å². The maximum Gasteiger partial charge on any atom is 0.259 e. The number of hydrogen-bond donors (Lipinski definition) is 1. The van der Waals surface area contributed by atoms with Crippen LogP contribution in [0.3, 0.4) is 0 Å². The number of nitrogens with one attached hydrogen (secondary N) is 1. The quantitative estimate of drug-likeness (QED) is 0.942. The van der Waals surface area contributed by atoms with Gasteiger partial charge in [0.05, 0.1) is 18.4 Å². The van der Waals surface area contributed by atoms with Gasteiger partial charge in [-0.15, -0.1) is 0 Å². The van der Waals surface area contributed by atoms with Crippen LogP contribution in [0.1, 0.15) is 15.9 Å². The van der Waals surface area contributed by atoms with Gasteiger partial charge >= 0.3 is 0 Å². The summed E-state index contributed by atoms with van der Waals surface area (Å²) in [6.45, 7) is 0. The summed E-state index contributed by atoms with van der Waals surface area (Å²) in [6, 6.07) is 10.3. The molecule has 0 aliphatic rings. The summed E-state index contributed by atoms with van der Waals surface area (Å²) in [5.74, 6) is -0.920. The molecular formula is C15H10ClFN2O2. The highest BCUT2D eigenvalue weighted by Gasteiger charge is 2.16. The van der Waals surface area contributed by atoms with E-state index in [4.69, 9.17) is 21.6 Å². The van der Waals surface area contributed by atoms with Crippen molar-refractivity contribution in [3.8, 4) is 11.8 Å². The fourth-order valence-electron chi connectivity index (χ4n) is 1.79. The molecule has 2 rings (SSSR count). The van der Waals surface area contributed by atoms with Crippen LogP contribution < -0.4 is 10.1 Å². The van der Waals surface area contributed by atoms with E-state index in [1.807, 2.05) is 0 Å². The molecule has 2 aromatic carbocycles. The van der Waals surface area contributed by atoms with Crippen LogP contribution in [0.2, 0.25) is 5.02 Å². The van der Waals surface area contributed by atoms with Gasteiger partial charge < -0.3 is 10.1 Å². The smallest absolute Gasteiger partial charge is 0.259 e. The molecule has 0 bridgehead atoms. The van der Waals surface area contributed by atoms with Crippen molar-refractivity contribution >= 4 is 23.2 Å². The van der Waals surface area contributed by atoms with Gasteiger partial charge in [-0.2, -0.15) is 5.26 Å². The Bertz CT molecular complexity index is 741. The second-order valence-corrected chi connectivity index (χ2v) is 4.51. The molecule has 6 heteroatoms. The third-order valence-corrected chi connectivity index (χ3v) is 3.01. The number of ether oxygens (including phenoxy) is 1. The summed E-state index contributed by atoms with van der Waals surface area (Å²) < 4.78 is 18.6. The summed E-state index contributed by atoms with van der Waals surface area (Å²) in [5, 5.41) is 11.8. The maximum atomic E-state index is 13.5. The minimum absolute atomic E-state index is 0.0875. The summed E-state index contributed by atoms with van der Waals surface area (Å²) in [7, 11) is 1.42. The van der Waals surface area contributed by atoms with Crippen molar-refractivity contribution in [3.05, 3.63) is 58.4 Å². The number of nitriles is 1. The molecule has 4 nitrogen and oxygen atoms in total. The van der Waals surface area contributed by atoms with Crippen LogP contribution in [0.5, 0.6) is 5.75 Å². The first-order chi connectivity index (χ1) is 10.1. The number of carbonyl (C=O) groups excluding carboxylic acids is 1. The van der Waals surface area contributed by atoms with Gasteiger partial charge in [-0.1, -0.05) is 17.7 Å². The van der Waals surface area contributed by atoms with Crippen molar-refractivity contribution in [3.63, 3.8) is 0 Å². The third kappa shape index (κ3) is 3.12. The Morgan fingerprint density at radius 2 is 2.14 bits per heavy atom. The number of carbonyl (C=O) groups is 1. The minimum atomic E-state index is -0.701. The predicted octanol–water partition coefficient (Wildman–Crippen LogP) is 3.61. The molecule has 1 N–H and O–H groups in total. The summed E-state index contributed by atoms with van der Waals surface area (Å²) in [6.07, 6.45) is 0. The van der Waals surface area contributed by atoms with Crippen molar-refractivity contribution < 1.29 is 13.9 Å². The molecule has 106 valence electrons.